The zero-order valence-electron chi connectivity index (χ0n) is 18.6. The van der Waals surface area contributed by atoms with Crippen LogP contribution in [0.2, 0.25) is 0 Å². The first-order valence-corrected chi connectivity index (χ1v) is 11.6. The van der Waals surface area contributed by atoms with Gasteiger partial charge in [-0.15, -0.1) is 0 Å². The van der Waals surface area contributed by atoms with E-state index in [4.69, 9.17) is 4.74 Å². The van der Waals surface area contributed by atoms with Crippen LogP contribution in [0, 0.1) is 5.92 Å². The Hall–Kier alpha value is -2.08. The van der Waals surface area contributed by atoms with E-state index < -0.39 is 0 Å². The number of hydrogen-bond acceptors (Lipinski definition) is 3. The van der Waals surface area contributed by atoms with Crippen LogP contribution in [0.3, 0.4) is 0 Å². The van der Waals surface area contributed by atoms with Crippen LogP contribution in [0.25, 0.3) is 0 Å². The van der Waals surface area contributed by atoms with Gasteiger partial charge in [0.15, 0.2) is 0 Å². The van der Waals surface area contributed by atoms with Gasteiger partial charge >= 0.3 is 6.03 Å². The summed E-state index contributed by atoms with van der Waals surface area (Å²) >= 11 is 0. The first kappa shape index (κ1) is 22.6. The Morgan fingerprint density at radius 3 is 2.20 bits per heavy atom. The molecule has 0 saturated carbocycles. The van der Waals surface area contributed by atoms with E-state index in [1.165, 1.54) is 12.8 Å². The van der Waals surface area contributed by atoms with Gasteiger partial charge in [-0.2, -0.15) is 0 Å². The molecule has 2 heterocycles. The van der Waals surface area contributed by atoms with E-state index in [1.807, 2.05) is 34.1 Å². The van der Waals surface area contributed by atoms with Gasteiger partial charge in [0.05, 0.1) is 6.10 Å². The lowest BCUT2D eigenvalue weighted by Gasteiger charge is -2.32. The second-order valence-corrected chi connectivity index (χ2v) is 8.95. The van der Waals surface area contributed by atoms with Gasteiger partial charge in [-0.1, -0.05) is 26.7 Å². The van der Waals surface area contributed by atoms with E-state index in [0.29, 0.717) is 24.6 Å². The summed E-state index contributed by atoms with van der Waals surface area (Å²) in [4.78, 5) is 29.1. The van der Waals surface area contributed by atoms with Gasteiger partial charge < -0.3 is 19.9 Å². The van der Waals surface area contributed by atoms with Gasteiger partial charge in [-0.05, 0) is 62.3 Å². The van der Waals surface area contributed by atoms with Gasteiger partial charge in [0.25, 0.3) is 5.91 Å². The molecule has 6 nitrogen and oxygen atoms in total. The van der Waals surface area contributed by atoms with Crippen LogP contribution in [0.15, 0.2) is 24.3 Å². The molecule has 1 aromatic rings. The monoisotopic (exact) mass is 415 g/mol. The van der Waals surface area contributed by atoms with Crippen LogP contribution in [-0.2, 0) is 4.74 Å². The normalized spacial score (nSPS) is 18.4. The average Bonchev–Trinajstić information content (AvgIpc) is 3.03. The Morgan fingerprint density at radius 2 is 1.60 bits per heavy atom. The van der Waals surface area contributed by atoms with E-state index in [1.54, 1.807) is 0 Å². The summed E-state index contributed by atoms with van der Waals surface area (Å²) in [6.45, 7) is 8.31. The molecule has 0 bridgehead atoms. The van der Waals surface area contributed by atoms with Crippen molar-refractivity contribution in [1.29, 1.82) is 0 Å². The number of nitrogens with one attached hydrogen (secondary N) is 1. The van der Waals surface area contributed by atoms with Crippen LogP contribution in [0.4, 0.5) is 10.5 Å². The molecule has 166 valence electrons. The summed E-state index contributed by atoms with van der Waals surface area (Å²) in [5, 5.41) is 2.96. The predicted octanol–water partition coefficient (Wildman–Crippen LogP) is 4.76. The molecular weight excluding hydrogens is 378 g/mol. The minimum absolute atomic E-state index is 0.0813. The molecule has 2 fully saturated rings. The highest BCUT2D eigenvalue weighted by Gasteiger charge is 2.23. The molecule has 30 heavy (non-hydrogen) atoms. The van der Waals surface area contributed by atoms with E-state index >= 15 is 0 Å². The second kappa shape index (κ2) is 11.3. The molecule has 1 N–H and O–H groups in total. The molecule has 3 rings (SSSR count). The summed E-state index contributed by atoms with van der Waals surface area (Å²) in [7, 11) is 0. The molecule has 6 heteroatoms. The quantitative estimate of drug-likeness (QED) is 0.728. The standard InChI is InChI=1S/C24H37N3O3/c1-19(2)13-18-30-22-11-16-27(17-12-22)24(29)25-21-9-7-20(8-10-21)23(28)26-14-5-3-4-6-15-26/h7-10,19,22H,3-6,11-18H2,1-2H3,(H,25,29). The first-order chi connectivity index (χ1) is 14.5. The Balaban J connectivity index is 1.44. The lowest BCUT2D eigenvalue weighted by molar-refractivity contribution is 0.0112. The van der Waals surface area contributed by atoms with Crippen molar-refractivity contribution < 1.29 is 14.3 Å². The van der Waals surface area contributed by atoms with Crippen molar-refractivity contribution in [3.8, 4) is 0 Å². The van der Waals surface area contributed by atoms with Gasteiger partial charge in [0.2, 0.25) is 0 Å². The molecule has 0 spiro atoms. The van der Waals surface area contributed by atoms with Crippen molar-refractivity contribution >= 4 is 17.6 Å². The van der Waals surface area contributed by atoms with E-state index in [-0.39, 0.29) is 18.0 Å². The molecule has 1 aromatic carbocycles. The summed E-state index contributed by atoms with van der Waals surface area (Å²) in [6.07, 6.45) is 7.68. The van der Waals surface area contributed by atoms with Crippen molar-refractivity contribution in [1.82, 2.24) is 9.80 Å². The summed E-state index contributed by atoms with van der Waals surface area (Å²) in [5.41, 5.74) is 1.41. The third-order valence-corrected chi connectivity index (χ3v) is 6.05. The number of anilines is 1. The molecule has 0 aliphatic carbocycles. The minimum atomic E-state index is -0.0813. The van der Waals surface area contributed by atoms with Crippen LogP contribution in [-0.4, -0.2) is 60.6 Å². The lowest BCUT2D eigenvalue weighted by atomic mass is 10.1. The molecule has 0 aromatic heterocycles. The number of ether oxygens (including phenoxy) is 1. The first-order valence-electron chi connectivity index (χ1n) is 11.6. The summed E-state index contributed by atoms with van der Waals surface area (Å²) in [5.74, 6) is 0.746. The molecule has 2 aliphatic rings. The number of benzene rings is 1. The van der Waals surface area contributed by atoms with Crippen molar-refractivity contribution in [3.63, 3.8) is 0 Å². The molecule has 3 amide bonds. The van der Waals surface area contributed by atoms with Crippen LogP contribution >= 0.6 is 0 Å². The van der Waals surface area contributed by atoms with Gasteiger partial charge in [-0.25, -0.2) is 4.79 Å². The third kappa shape index (κ3) is 6.73. The van der Waals surface area contributed by atoms with Gasteiger partial charge in [0, 0.05) is 44.0 Å². The van der Waals surface area contributed by atoms with Crippen molar-refractivity contribution in [2.45, 2.75) is 64.9 Å². The Morgan fingerprint density at radius 1 is 0.967 bits per heavy atom. The zero-order chi connectivity index (χ0) is 21.3. The number of amides is 3. The Kier molecular flexibility index (Phi) is 8.55. The highest BCUT2D eigenvalue weighted by Crippen LogP contribution is 2.18. The van der Waals surface area contributed by atoms with Gasteiger partial charge in [-0.3, -0.25) is 4.79 Å². The maximum Gasteiger partial charge on any atom is 0.321 e. The van der Waals surface area contributed by atoms with Crippen molar-refractivity contribution in [2.75, 3.05) is 38.1 Å². The van der Waals surface area contributed by atoms with Crippen LogP contribution in [0.1, 0.15) is 69.2 Å². The third-order valence-electron chi connectivity index (χ3n) is 6.05. The Labute approximate surface area is 180 Å². The second-order valence-electron chi connectivity index (χ2n) is 8.95. The summed E-state index contributed by atoms with van der Waals surface area (Å²) < 4.78 is 5.94. The highest BCUT2D eigenvalue weighted by molar-refractivity contribution is 5.95. The topological polar surface area (TPSA) is 61.9 Å². The lowest BCUT2D eigenvalue weighted by Crippen LogP contribution is -2.43. The molecular formula is C24H37N3O3. The summed E-state index contributed by atoms with van der Waals surface area (Å²) in [6, 6.07) is 7.20. The smallest absolute Gasteiger partial charge is 0.321 e. The minimum Gasteiger partial charge on any atom is -0.378 e. The number of carbonyl (C=O) groups is 2. The van der Waals surface area contributed by atoms with Crippen molar-refractivity contribution in [3.05, 3.63) is 29.8 Å². The Bertz CT molecular complexity index is 673. The number of rotatable bonds is 6. The zero-order valence-corrected chi connectivity index (χ0v) is 18.6. The molecule has 0 radical (unpaired) electrons. The highest BCUT2D eigenvalue weighted by atomic mass is 16.5. The fourth-order valence-corrected chi connectivity index (χ4v) is 4.05. The van der Waals surface area contributed by atoms with Gasteiger partial charge in [0.1, 0.15) is 0 Å². The fourth-order valence-electron chi connectivity index (χ4n) is 4.05. The molecule has 0 unspecified atom stereocenters. The number of urea groups is 1. The van der Waals surface area contributed by atoms with Crippen molar-refractivity contribution in [2.24, 2.45) is 5.92 Å². The molecule has 0 atom stereocenters. The number of hydrogen-bond donors (Lipinski definition) is 1. The van der Waals surface area contributed by atoms with E-state index in [2.05, 4.69) is 19.2 Å². The number of piperidine rings is 1. The average molecular weight is 416 g/mol. The largest absolute Gasteiger partial charge is 0.378 e. The van der Waals surface area contributed by atoms with Crippen LogP contribution < -0.4 is 5.32 Å². The molecule has 2 saturated heterocycles. The SMILES string of the molecule is CC(C)CCOC1CCN(C(=O)Nc2ccc(C(=O)N3CCCCCC3)cc2)CC1. The maximum atomic E-state index is 12.7. The number of nitrogens with zero attached hydrogens (tertiary/aromatic N) is 2. The predicted molar refractivity (Wildman–Crippen MR) is 120 cm³/mol. The maximum absolute atomic E-state index is 12.7. The van der Waals surface area contributed by atoms with Crippen LogP contribution in [0.5, 0.6) is 0 Å². The number of likely N-dealkylation sites (tertiary alicyclic amines) is 2. The van der Waals surface area contributed by atoms with E-state index in [9.17, 15) is 9.59 Å². The molecule has 2 aliphatic heterocycles. The fraction of sp³-hybridized carbons (Fsp3) is 0.667. The van der Waals surface area contributed by atoms with E-state index in [0.717, 1.165) is 57.5 Å². The number of carbonyl (C=O) groups excluding carboxylic acids is 2.